The van der Waals surface area contributed by atoms with Gasteiger partial charge in [-0.1, -0.05) is 0 Å². The molecule has 0 spiro atoms. The van der Waals surface area contributed by atoms with Gasteiger partial charge in [-0.05, 0) is 24.1 Å². The average Bonchev–Trinajstić information content (AvgIpc) is 3.46. The van der Waals surface area contributed by atoms with Gasteiger partial charge in [0.2, 0.25) is 0 Å². The summed E-state index contributed by atoms with van der Waals surface area (Å²) in [7, 11) is 1.55. The Morgan fingerprint density at radius 1 is 1.20 bits per heavy atom. The van der Waals surface area contributed by atoms with Crippen LogP contribution in [0.2, 0.25) is 0 Å². The first-order chi connectivity index (χ1) is 16.7. The number of carbonyl (C=O) groups excluding carboxylic acids is 2. The number of ether oxygens (including phenoxy) is 1. The molecular formula is C23H18F3N5O3S. The van der Waals surface area contributed by atoms with Crippen molar-refractivity contribution in [2.45, 2.75) is 19.1 Å². The third kappa shape index (κ3) is 4.32. The van der Waals surface area contributed by atoms with Crippen LogP contribution in [0.25, 0.3) is 5.65 Å². The van der Waals surface area contributed by atoms with Crippen molar-refractivity contribution in [3.8, 4) is 5.75 Å². The Labute approximate surface area is 201 Å². The highest BCUT2D eigenvalue weighted by Crippen LogP contribution is 2.32. The van der Waals surface area contributed by atoms with Gasteiger partial charge < -0.3 is 15.0 Å². The number of thiophene rings is 1. The van der Waals surface area contributed by atoms with Crippen molar-refractivity contribution in [2.24, 2.45) is 0 Å². The zero-order valence-corrected chi connectivity index (χ0v) is 19.1. The number of halogens is 3. The van der Waals surface area contributed by atoms with Crippen molar-refractivity contribution in [3.05, 3.63) is 75.6 Å². The van der Waals surface area contributed by atoms with Crippen LogP contribution >= 0.6 is 11.3 Å². The van der Waals surface area contributed by atoms with Gasteiger partial charge in [0.15, 0.2) is 0 Å². The molecule has 1 N–H and O–H groups in total. The van der Waals surface area contributed by atoms with Crippen LogP contribution in [0, 0.1) is 0 Å². The number of methoxy groups -OCH3 is 1. The third-order valence-electron chi connectivity index (χ3n) is 5.74. The van der Waals surface area contributed by atoms with Gasteiger partial charge in [0, 0.05) is 35.3 Å². The smallest absolute Gasteiger partial charge is 0.417 e. The zero-order valence-electron chi connectivity index (χ0n) is 18.3. The maximum Gasteiger partial charge on any atom is 0.417 e. The summed E-state index contributed by atoms with van der Waals surface area (Å²) < 4.78 is 45.7. The number of nitrogens with one attached hydrogen (secondary N) is 1. The number of amides is 2. The molecule has 5 rings (SSSR count). The SMILES string of the molecule is COc1ccn2c(C(=O)N3CCc4c(C(=O)Nc5cncc(C(F)(F)F)c5)csc4C3)cnc2c1. The Balaban J connectivity index is 1.32. The zero-order chi connectivity index (χ0) is 24.7. The number of anilines is 1. The van der Waals surface area contributed by atoms with Crippen LogP contribution in [0.15, 0.2) is 48.4 Å². The monoisotopic (exact) mass is 501 g/mol. The lowest BCUT2D eigenvalue weighted by Gasteiger charge is -2.27. The topological polar surface area (TPSA) is 88.8 Å². The molecule has 4 aromatic rings. The molecule has 1 aliphatic heterocycles. The lowest BCUT2D eigenvalue weighted by Crippen LogP contribution is -2.36. The molecule has 12 heteroatoms. The summed E-state index contributed by atoms with van der Waals surface area (Å²) in [6.07, 6.45) is 0.992. The van der Waals surface area contributed by atoms with Crippen LogP contribution in [-0.4, -0.2) is 44.7 Å². The molecule has 2 amide bonds. The summed E-state index contributed by atoms with van der Waals surface area (Å²) in [5.41, 5.74) is 1.20. The lowest BCUT2D eigenvalue weighted by atomic mass is 10.0. The van der Waals surface area contributed by atoms with E-state index in [4.69, 9.17) is 4.74 Å². The Morgan fingerprint density at radius 2 is 2.03 bits per heavy atom. The first-order valence-corrected chi connectivity index (χ1v) is 11.4. The van der Waals surface area contributed by atoms with Crippen molar-refractivity contribution < 1.29 is 27.5 Å². The van der Waals surface area contributed by atoms with Gasteiger partial charge in [0.1, 0.15) is 17.1 Å². The van der Waals surface area contributed by atoms with Crippen molar-refractivity contribution >= 4 is 34.5 Å². The number of hydrogen-bond acceptors (Lipinski definition) is 6. The van der Waals surface area contributed by atoms with Crippen LogP contribution in [0.4, 0.5) is 18.9 Å². The van der Waals surface area contributed by atoms with Crippen molar-refractivity contribution in [3.63, 3.8) is 0 Å². The summed E-state index contributed by atoms with van der Waals surface area (Å²) in [4.78, 5) is 36.4. The van der Waals surface area contributed by atoms with E-state index in [1.807, 2.05) is 0 Å². The van der Waals surface area contributed by atoms with E-state index < -0.39 is 17.6 Å². The fraction of sp³-hybridized carbons (Fsp3) is 0.217. The molecule has 0 saturated carbocycles. The maximum absolute atomic E-state index is 13.2. The number of imidazole rings is 1. The molecule has 0 unspecified atom stereocenters. The van der Waals surface area contributed by atoms with Crippen LogP contribution in [0.5, 0.6) is 5.75 Å². The standard InChI is InChI=1S/C23H18F3N5O3S/c1-34-15-2-5-31-18(10-28-20(31)7-15)22(33)30-4-3-16-17(12-35-19(16)11-30)21(32)29-14-6-13(8-27-9-14)23(24,25)26/h2,5-10,12H,3-4,11H2,1H3,(H,29,32). The first-order valence-electron chi connectivity index (χ1n) is 10.5. The van der Waals surface area contributed by atoms with Crippen molar-refractivity contribution in [1.29, 1.82) is 0 Å². The Bertz CT molecular complexity index is 1450. The largest absolute Gasteiger partial charge is 0.497 e. The van der Waals surface area contributed by atoms with E-state index in [1.165, 1.54) is 17.5 Å². The molecule has 0 saturated heterocycles. The predicted molar refractivity (Wildman–Crippen MR) is 122 cm³/mol. The van der Waals surface area contributed by atoms with Crippen LogP contribution in [-0.2, 0) is 19.1 Å². The van der Waals surface area contributed by atoms with E-state index in [-0.39, 0.29) is 11.6 Å². The predicted octanol–water partition coefficient (Wildman–Crippen LogP) is 4.27. The molecular weight excluding hydrogens is 483 g/mol. The van der Waals surface area contributed by atoms with Crippen LogP contribution < -0.4 is 10.1 Å². The number of alkyl halides is 3. The number of pyridine rings is 2. The second-order valence-electron chi connectivity index (χ2n) is 7.88. The van der Waals surface area contributed by atoms with Gasteiger partial charge in [-0.2, -0.15) is 13.2 Å². The third-order valence-corrected chi connectivity index (χ3v) is 6.76. The molecule has 0 radical (unpaired) electrons. The first kappa shape index (κ1) is 22.8. The summed E-state index contributed by atoms with van der Waals surface area (Å²) in [5.74, 6) is -0.0723. The number of fused-ring (bicyclic) bond motifs is 2. The Hall–Kier alpha value is -3.93. The molecule has 5 heterocycles. The quantitative estimate of drug-likeness (QED) is 0.451. The van der Waals surface area contributed by atoms with E-state index in [2.05, 4.69) is 15.3 Å². The number of aromatic nitrogens is 3. The summed E-state index contributed by atoms with van der Waals surface area (Å²) in [6.45, 7) is 0.706. The summed E-state index contributed by atoms with van der Waals surface area (Å²) in [5, 5.41) is 4.16. The minimum atomic E-state index is -4.56. The molecule has 0 aliphatic carbocycles. The van der Waals surface area contributed by atoms with Gasteiger partial charge in [0.05, 0.1) is 42.9 Å². The summed E-state index contributed by atoms with van der Waals surface area (Å²) in [6, 6.07) is 4.31. The van der Waals surface area contributed by atoms with Gasteiger partial charge in [0.25, 0.3) is 11.8 Å². The highest BCUT2D eigenvalue weighted by Gasteiger charge is 2.32. The molecule has 35 heavy (non-hydrogen) atoms. The Morgan fingerprint density at radius 3 is 2.80 bits per heavy atom. The number of nitrogens with zero attached hydrogens (tertiary/aromatic N) is 4. The lowest BCUT2D eigenvalue weighted by molar-refractivity contribution is -0.137. The second-order valence-corrected chi connectivity index (χ2v) is 8.84. The van der Waals surface area contributed by atoms with E-state index in [9.17, 15) is 22.8 Å². The van der Waals surface area contributed by atoms with Crippen molar-refractivity contribution in [1.82, 2.24) is 19.3 Å². The maximum atomic E-state index is 13.2. The molecule has 8 nitrogen and oxygen atoms in total. The minimum Gasteiger partial charge on any atom is -0.497 e. The van der Waals surface area contributed by atoms with E-state index in [0.717, 1.165) is 22.7 Å². The molecule has 1 aliphatic rings. The minimum absolute atomic E-state index is 0.0402. The molecule has 180 valence electrons. The molecule has 0 aromatic carbocycles. The number of rotatable bonds is 4. The van der Waals surface area contributed by atoms with Gasteiger partial charge >= 0.3 is 6.18 Å². The second kappa shape index (κ2) is 8.69. The number of hydrogen-bond donors (Lipinski definition) is 1. The van der Waals surface area contributed by atoms with E-state index in [1.54, 1.807) is 40.1 Å². The van der Waals surface area contributed by atoms with Gasteiger partial charge in [-0.3, -0.25) is 19.0 Å². The van der Waals surface area contributed by atoms with E-state index >= 15 is 0 Å². The van der Waals surface area contributed by atoms with Crippen LogP contribution in [0.3, 0.4) is 0 Å². The van der Waals surface area contributed by atoms with Gasteiger partial charge in [-0.25, -0.2) is 4.98 Å². The normalized spacial score (nSPS) is 13.5. The van der Waals surface area contributed by atoms with Crippen molar-refractivity contribution in [2.75, 3.05) is 19.0 Å². The average molecular weight is 501 g/mol. The molecule has 4 aromatic heterocycles. The highest BCUT2D eigenvalue weighted by atomic mass is 32.1. The fourth-order valence-electron chi connectivity index (χ4n) is 3.96. The van der Waals surface area contributed by atoms with Crippen LogP contribution in [0.1, 0.15) is 36.9 Å². The number of carbonyl (C=O) groups is 2. The molecule has 0 bridgehead atoms. The summed E-state index contributed by atoms with van der Waals surface area (Å²) >= 11 is 1.34. The van der Waals surface area contributed by atoms with E-state index in [0.29, 0.717) is 48.4 Å². The van der Waals surface area contributed by atoms with Gasteiger partial charge in [-0.15, -0.1) is 11.3 Å². The highest BCUT2D eigenvalue weighted by molar-refractivity contribution is 7.10. The Kier molecular flexibility index (Phi) is 5.67. The molecule has 0 atom stereocenters. The molecule has 0 fully saturated rings. The fourth-order valence-corrected chi connectivity index (χ4v) is 5.06.